The van der Waals surface area contributed by atoms with Crippen molar-refractivity contribution in [2.45, 2.75) is 25.8 Å². The molecule has 1 atom stereocenters. The van der Waals surface area contributed by atoms with Crippen molar-refractivity contribution in [1.82, 2.24) is 4.98 Å². The minimum absolute atomic E-state index is 0.312. The minimum atomic E-state index is -4.88. The number of rotatable bonds is 2. The fraction of sp³-hybridized carbons (Fsp3) is 0.455. The van der Waals surface area contributed by atoms with Crippen LogP contribution in [0.25, 0.3) is 0 Å². The van der Waals surface area contributed by atoms with Crippen molar-refractivity contribution in [3.05, 3.63) is 29.1 Å². The molecule has 0 aliphatic heterocycles. The van der Waals surface area contributed by atoms with Crippen LogP contribution in [0, 0.1) is 13.8 Å². The predicted molar refractivity (Wildman–Crippen MR) is 64.2 cm³/mol. The van der Waals surface area contributed by atoms with E-state index in [1.165, 1.54) is 6.26 Å². The Morgan fingerprint density at radius 2 is 1.83 bits per heavy atom. The van der Waals surface area contributed by atoms with Crippen LogP contribution in [0.5, 0.6) is 0 Å². The quantitative estimate of drug-likeness (QED) is 0.834. The molecule has 3 nitrogen and oxygen atoms in total. The summed E-state index contributed by atoms with van der Waals surface area (Å²) in [4.78, 5) is 14.9. The molecule has 1 rings (SSSR count). The Bertz CT molecular complexity index is 477. The number of aromatic nitrogens is 1. The van der Waals surface area contributed by atoms with Gasteiger partial charge in [-0.3, -0.25) is 9.78 Å². The summed E-state index contributed by atoms with van der Waals surface area (Å²) < 4.78 is 39.2. The first-order valence-electron chi connectivity index (χ1n) is 5.08. The summed E-state index contributed by atoms with van der Waals surface area (Å²) in [5.41, 5.74) is 2.43. The Kier molecular flexibility index (Phi) is 4.61. The topological polar surface area (TPSA) is 42.3 Å². The van der Waals surface area contributed by atoms with E-state index in [1.807, 2.05) is 13.8 Å². The van der Waals surface area contributed by atoms with Crippen LogP contribution in [0.4, 0.5) is 13.2 Å². The van der Waals surface area contributed by atoms with Gasteiger partial charge in [0.25, 0.3) is 0 Å². The van der Waals surface area contributed by atoms with Crippen LogP contribution in [-0.4, -0.2) is 23.3 Å². The Morgan fingerprint density at radius 3 is 2.28 bits per heavy atom. The van der Waals surface area contributed by atoms with E-state index in [4.69, 9.17) is 0 Å². The number of pyridine rings is 1. The summed E-state index contributed by atoms with van der Waals surface area (Å²) in [6.45, 7) is 3.62. The maximum atomic E-state index is 12.0. The van der Waals surface area contributed by atoms with Gasteiger partial charge in [0.15, 0.2) is 0 Å². The normalized spacial score (nSPS) is 13.7. The van der Waals surface area contributed by atoms with Crippen LogP contribution in [0.2, 0.25) is 0 Å². The highest BCUT2D eigenvalue weighted by molar-refractivity contribution is 7.86. The van der Waals surface area contributed by atoms with Gasteiger partial charge in [-0.25, -0.2) is 0 Å². The summed E-state index contributed by atoms with van der Waals surface area (Å²) in [6.07, 6.45) is -3.37. The molecule has 0 bridgehead atoms. The molecule has 0 N–H and O–H groups in total. The summed E-state index contributed by atoms with van der Waals surface area (Å²) >= 11 is 0. The molecule has 18 heavy (non-hydrogen) atoms. The van der Waals surface area contributed by atoms with Crippen molar-refractivity contribution in [2.24, 2.45) is 4.36 Å². The van der Waals surface area contributed by atoms with Crippen molar-refractivity contribution in [3.8, 4) is 0 Å². The van der Waals surface area contributed by atoms with Gasteiger partial charge in [-0.15, -0.1) is 0 Å². The molecule has 1 unspecified atom stereocenters. The summed E-state index contributed by atoms with van der Waals surface area (Å²) in [5.74, 6) is -1.71. The van der Waals surface area contributed by atoms with Gasteiger partial charge in [0.05, 0.1) is 0 Å². The molecule has 100 valence electrons. The van der Waals surface area contributed by atoms with E-state index in [9.17, 15) is 18.0 Å². The van der Waals surface area contributed by atoms with Crippen molar-refractivity contribution in [1.29, 1.82) is 0 Å². The molecular formula is C11H13F3N2OS. The van der Waals surface area contributed by atoms with E-state index in [-0.39, 0.29) is 0 Å². The van der Waals surface area contributed by atoms with E-state index >= 15 is 0 Å². The number of alkyl halides is 3. The molecule has 0 aliphatic rings. The lowest BCUT2D eigenvalue weighted by atomic mass is 10.2. The largest absolute Gasteiger partial charge is 0.474 e. The predicted octanol–water partition coefficient (Wildman–Crippen LogP) is 2.72. The third-order valence-corrected chi connectivity index (χ3v) is 3.23. The van der Waals surface area contributed by atoms with Gasteiger partial charge in [0.2, 0.25) is 0 Å². The second-order valence-corrected chi connectivity index (χ2v) is 5.57. The summed E-state index contributed by atoms with van der Waals surface area (Å²) in [7, 11) is -0.986. The first-order valence-corrected chi connectivity index (χ1v) is 6.84. The number of nitrogens with zero attached hydrogens (tertiary/aromatic N) is 2. The van der Waals surface area contributed by atoms with Gasteiger partial charge in [0, 0.05) is 17.1 Å². The number of hydrogen-bond acceptors (Lipinski definition) is 2. The molecule has 1 heterocycles. The summed E-state index contributed by atoms with van der Waals surface area (Å²) in [6, 6.07) is 3.56. The fourth-order valence-electron chi connectivity index (χ4n) is 1.47. The van der Waals surface area contributed by atoms with Gasteiger partial charge >= 0.3 is 12.1 Å². The van der Waals surface area contributed by atoms with E-state index in [0.717, 1.165) is 17.0 Å². The van der Waals surface area contributed by atoms with Crippen molar-refractivity contribution >= 4 is 16.6 Å². The molecule has 7 heteroatoms. The number of carbonyl (C=O) groups excluding carboxylic acids is 1. The van der Waals surface area contributed by atoms with E-state index in [2.05, 4.69) is 9.35 Å². The number of halogens is 3. The lowest BCUT2D eigenvalue weighted by Crippen LogP contribution is -2.21. The average Bonchev–Trinajstić information content (AvgIpc) is 2.13. The van der Waals surface area contributed by atoms with Crippen molar-refractivity contribution in [3.63, 3.8) is 0 Å². The molecule has 0 aliphatic carbocycles. The third kappa shape index (κ3) is 4.56. The lowest BCUT2D eigenvalue weighted by Gasteiger charge is -2.06. The highest BCUT2D eigenvalue weighted by atomic mass is 32.2. The second-order valence-electron chi connectivity index (χ2n) is 3.90. The molecule has 0 aromatic carbocycles. The summed E-state index contributed by atoms with van der Waals surface area (Å²) in [5, 5.41) is 0. The van der Waals surface area contributed by atoms with E-state index < -0.39 is 22.8 Å². The number of aryl methyl sites for hydroxylation is 2. The van der Waals surface area contributed by atoms with Crippen LogP contribution in [0.1, 0.15) is 17.0 Å². The highest BCUT2D eigenvalue weighted by Gasteiger charge is 2.38. The maximum absolute atomic E-state index is 12.0. The third-order valence-electron chi connectivity index (χ3n) is 2.00. The SMILES string of the molecule is Cc1cc(CS(C)=NC(=O)C(F)(F)F)cc(C)n1. The molecule has 0 spiro atoms. The standard InChI is InChI=1S/C11H13F3N2OS/c1-7-4-9(5-8(2)15-7)6-18(3)16-10(17)11(12,13)14/h4-5H,6H2,1-3H3. The van der Waals surface area contributed by atoms with E-state index in [0.29, 0.717) is 5.75 Å². The van der Waals surface area contributed by atoms with Gasteiger partial charge < -0.3 is 0 Å². The number of carbonyl (C=O) groups is 1. The molecule has 1 amide bonds. The Morgan fingerprint density at radius 1 is 1.33 bits per heavy atom. The fourth-order valence-corrected chi connectivity index (χ4v) is 2.57. The van der Waals surface area contributed by atoms with Gasteiger partial charge in [-0.1, -0.05) is 10.7 Å². The van der Waals surface area contributed by atoms with E-state index in [1.54, 1.807) is 12.1 Å². The zero-order valence-corrected chi connectivity index (χ0v) is 11.0. The first kappa shape index (κ1) is 14.8. The Hall–Kier alpha value is -1.24. The van der Waals surface area contributed by atoms with Gasteiger partial charge in [-0.2, -0.15) is 17.5 Å². The maximum Gasteiger partial charge on any atom is 0.474 e. The monoisotopic (exact) mass is 278 g/mol. The zero-order valence-electron chi connectivity index (χ0n) is 10.2. The Labute approximate surface area is 106 Å². The smallest absolute Gasteiger partial charge is 0.261 e. The molecule has 1 aromatic rings. The molecular weight excluding hydrogens is 265 g/mol. The van der Waals surface area contributed by atoms with Crippen LogP contribution < -0.4 is 0 Å². The lowest BCUT2D eigenvalue weighted by molar-refractivity contribution is -0.169. The number of amides is 1. The first-order chi connectivity index (χ1) is 8.18. The van der Waals surface area contributed by atoms with Crippen LogP contribution >= 0.6 is 0 Å². The average molecular weight is 278 g/mol. The molecule has 0 saturated carbocycles. The van der Waals surface area contributed by atoms with Crippen molar-refractivity contribution < 1.29 is 18.0 Å². The molecule has 0 saturated heterocycles. The molecule has 1 aromatic heterocycles. The van der Waals surface area contributed by atoms with Crippen LogP contribution in [-0.2, 0) is 21.2 Å². The number of hydrogen-bond donors (Lipinski definition) is 0. The van der Waals surface area contributed by atoms with Crippen LogP contribution in [0.3, 0.4) is 0 Å². The van der Waals surface area contributed by atoms with Gasteiger partial charge in [-0.05, 0) is 37.8 Å². The molecule has 0 radical (unpaired) electrons. The second kappa shape index (κ2) is 5.60. The Balaban J connectivity index is 2.84. The van der Waals surface area contributed by atoms with Crippen molar-refractivity contribution in [2.75, 3.05) is 6.26 Å². The van der Waals surface area contributed by atoms with Gasteiger partial charge in [0.1, 0.15) is 0 Å². The zero-order chi connectivity index (χ0) is 13.9. The molecule has 0 fully saturated rings. The minimum Gasteiger partial charge on any atom is -0.261 e. The highest BCUT2D eigenvalue weighted by Crippen LogP contribution is 2.17. The van der Waals surface area contributed by atoms with Crippen LogP contribution in [0.15, 0.2) is 16.5 Å².